The van der Waals surface area contributed by atoms with Crippen molar-refractivity contribution in [2.45, 2.75) is 52.0 Å². The zero-order chi connectivity index (χ0) is 18.4. The first-order valence-corrected chi connectivity index (χ1v) is 9.19. The predicted octanol–water partition coefficient (Wildman–Crippen LogP) is 3.41. The number of nitrogens with one attached hydrogen (secondary N) is 1. The Labute approximate surface area is 150 Å². The van der Waals surface area contributed by atoms with Gasteiger partial charge in [0.15, 0.2) is 0 Å². The van der Waals surface area contributed by atoms with Crippen LogP contribution in [0.2, 0.25) is 0 Å². The molecule has 1 aromatic rings. The first-order chi connectivity index (χ1) is 12.0. The highest BCUT2D eigenvalue weighted by molar-refractivity contribution is 5.95. The Morgan fingerprint density at radius 2 is 1.88 bits per heavy atom. The Morgan fingerprint density at radius 1 is 1.24 bits per heavy atom. The van der Waals surface area contributed by atoms with Crippen LogP contribution in [-0.2, 0) is 14.3 Å². The topological polar surface area (TPSA) is 58.6 Å². The predicted molar refractivity (Wildman–Crippen MR) is 99.6 cm³/mol. The molecule has 0 radical (unpaired) electrons. The lowest BCUT2D eigenvalue weighted by Crippen LogP contribution is -2.47. The summed E-state index contributed by atoms with van der Waals surface area (Å²) in [6.45, 7) is 7.73. The van der Waals surface area contributed by atoms with E-state index >= 15 is 0 Å². The monoisotopic (exact) mass is 346 g/mol. The third kappa shape index (κ3) is 4.82. The summed E-state index contributed by atoms with van der Waals surface area (Å²) in [5, 5.41) is 3.10. The number of esters is 1. The number of hydrogen-bond donors (Lipinski definition) is 1. The molecule has 0 bridgehead atoms. The number of carbonyl (C=O) groups is 2. The standard InChI is InChI=1S/C20H30N2O3/c1-5-14(2)17-8-6-7-9-18(17)21-19(23)15(3)22-12-10-16(11-13-22)20(24)25-4/h6-9,14-16H,5,10-13H2,1-4H3,(H,21,23)/t14-,15+/m0/s1. The summed E-state index contributed by atoms with van der Waals surface area (Å²) in [5.74, 6) is 0.233. The fourth-order valence-electron chi connectivity index (χ4n) is 3.35. The van der Waals surface area contributed by atoms with E-state index < -0.39 is 0 Å². The van der Waals surface area contributed by atoms with Crippen LogP contribution in [0, 0.1) is 5.92 Å². The van der Waals surface area contributed by atoms with Gasteiger partial charge in [-0.15, -0.1) is 0 Å². The van der Waals surface area contributed by atoms with Gasteiger partial charge in [0.05, 0.1) is 19.1 Å². The minimum Gasteiger partial charge on any atom is -0.469 e. The molecule has 25 heavy (non-hydrogen) atoms. The van der Waals surface area contributed by atoms with E-state index in [0.717, 1.165) is 38.0 Å². The molecule has 0 saturated carbocycles. The Balaban J connectivity index is 1.97. The van der Waals surface area contributed by atoms with E-state index in [1.807, 2.05) is 25.1 Å². The number of piperidine rings is 1. The molecule has 2 atom stereocenters. The third-order valence-corrected chi connectivity index (χ3v) is 5.35. The largest absolute Gasteiger partial charge is 0.469 e. The van der Waals surface area contributed by atoms with Crippen molar-refractivity contribution in [3.05, 3.63) is 29.8 Å². The van der Waals surface area contributed by atoms with Crippen LogP contribution in [0.5, 0.6) is 0 Å². The maximum atomic E-state index is 12.7. The van der Waals surface area contributed by atoms with Crippen molar-refractivity contribution < 1.29 is 14.3 Å². The first kappa shape index (κ1) is 19.4. The van der Waals surface area contributed by atoms with Gasteiger partial charge in [-0.2, -0.15) is 0 Å². The lowest BCUT2D eigenvalue weighted by Gasteiger charge is -2.34. The van der Waals surface area contributed by atoms with Gasteiger partial charge < -0.3 is 10.1 Å². The van der Waals surface area contributed by atoms with Crippen molar-refractivity contribution in [3.63, 3.8) is 0 Å². The highest BCUT2D eigenvalue weighted by Gasteiger charge is 2.30. The van der Waals surface area contributed by atoms with Crippen molar-refractivity contribution in [2.75, 3.05) is 25.5 Å². The fourth-order valence-corrected chi connectivity index (χ4v) is 3.35. The average Bonchev–Trinajstić information content (AvgIpc) is 2.66. The number of rotatable bonds is 6. The number of para-hydroxylation sites is 1. The maximum absolute atomic E-state index is 12.7. The van der Waals surface area contributed by atoms with Gasteiger partial charge in [-0.25, -0.2) is 0 Å². The Morgan fingerprint density at radius 3 is 2.48 bits per heavy atom. The molecule has 1 aliphatic rings. The number of nitrogens with zero attached hydrogens (tertiary/aromatic N) is 1. The minimum absolute atomic E-state index is 0.00673. The smallest absolute Gasteiger partial charge is 0.308 e. The minimum atomic E-state index is -0.219. The highest BCUT2D eigenvalue weighted by atomic mass is 16.5. The van der Waals surface area contributed by atoms with Gasteiger partial charge in [0.25, 0.3) is 0 Å². The van der Waals surface area contributed by atoms with Crippen LogP contribution >= 0.6 is 0 Å². The molecular formula is C20H30N2O3. The fraction of sp³-hybridized carbons (Fsp3) is 0.600. The van der Waals surface area contributed by atoms with Crippen molar-refractivity contribution >= 4 is 17.6 Å². The van der Waals surface area contributed by atoms with Crippen molar-refractivity contribution in [1.82, 2.24) is 4.90 Å². The summed E-state index contributed by atoms with van der Waals surface area (Å²) >= 11 is 0. The van der Waals surface area contributed by atoms with Crippen LogP contribution in [0.1, 0.15) is 51.5 Å². The van der Waals surface area contributed by atoms with Crippen LogP contribution in [0.15, 0.2) is 24.3 Å². The molecular weight excluding hydrogens is 316 g/mol. The number of likely N-dealkylation sites (tertiary alicyclic amines) is 1. The van der Waals surface area contributed by atoms with Gasteiger partial charge >= 0.3 is 5.97 Å². The molecule has 0 unspecified atom stereocenters. The van der Waals surface area contributed by atoms with E-state index in [2.05, 4.69) is 30.1 Å². The molecule has 1 heterocycles. The Bertz CT molecular complexity index is 594. The third-order valence-electron chi connectivity index (χ3n) is 5.35. The first-order valence-electron chi connectivity index (χ1n) is 9.19. The van der Waals surface area contributed by atoms with Crippen LogP contribution in [0.4, 0.5) is 5.69 Å². The average molecular weight is 346 g/mol. The summed E-state index contributed by atoms with van der Waals surface area (Å²) < 4.78 is 4.82. The van der Waals surface area contributed by atoms with Crippen molar-refractivity contribution in [1.29, 1.82) is 0 Å². The molecule has 1 fully saturated rings. The van der Waals surface area contributed by atoms with Gasteiger partial charge in [-0.1, -0.05) is 32.0 Å². The Hall–Kier alpha value is -1.88. The zero-order valence-electron chi connectivity index (χ0n) is 15.7. The summed E-state index contributed by atoms with van der Waals surface area (Å²) in [5.41, 5.74) is 2.08. The number of amides is 1. The maximum Gasteiger partial charge on any atom is 0.308 e. The van der Waals surface area contributed by atoms with Crippen LogP contribution in [0.25, 0.3) is 0 Å². The van der Waals surface area contributed by atoms with Crippen LogP contribution in [0.3, 0.4) is 0 Å². The van der Waals surface area contributed by atoms with E-state index in [-0.39, 0.29) is 23.8 Å². The number of benzene rings is 1. The summed E-state index contributed by atoms with van der Waals surface area (Å²) in [7, 11) is 1.43. The number of anilines is 1. The van der Waals surface area contributed by atoms with E-state index in [9.17, 15) is 9.59 Å². The second-order valence-corrected chi connectivity index (χ2v) is 6.90. The molecule has 0 aromatic heterocycles. The second kappa shape index (κ2) is 8.99. The summed E-state index contributed by atoms with van der Waals surface area (Å²) in [6.07, 6.45) is 2.52. The summed E-state index contributed by atoms with van der Waals surface area (Å²) in [4.78, 5) is 26.5. The quantitative estimate of drug-likeness (QED) is 0.802. The van der Waals surface area contributed by atoms with E-state index in [0.29, 0.717) is 5.92 Å². The molecule has 1 saturated heterocycles. The van der Waals surface area contributed by atoms with Crippen molar-refractivity contribution in [2.24, 2.45) is 5.92 Å². The molecule has 1 aliphatic heterocycles. The molecule has 0 spiro atoms. The van der Waals surface area contributed by atoms with Gasteiger partial charge in [0.1, 0.15) is 0 Å². The number of ether oxygens (including phenoxy) is 1. The number of carbonyl (C=O) groups excluding carboxylic acids is 2. The Kier molecular flexibility index (Phi) is 7.00. The van der Waals surface area contributed by atoms with E-state index in [1.165, 1.54) is 12.7 Å². The van der Waals surface area contributed by atoms with Gasteiger partial charge in [0.2, 0.25) is 5.91 Å². The highest BCUT2D eigenvalue weighted by Crippen LogP contribution is 2.27. The van der Waals surface area contributed by atoms with E-state index in [4.69, 9.17) is 4.74 Å². The molecule has 1 amide bonds. The molecule has 1 N–H and O–H groups in total. The molecule has 1 aromatic carbocycles. The van der Waals surface area contributed by atoms with Gasteiger partial charge in [-0.3, -0.25) is 14.5 Å². The zero-order valence-corrected chi connectivity index (χ0v) is 15.7. The number of methoxy groups -OCH3 is 1. The number of hydrogen-bond acceptors (Lipinski definition) is 4. The van der Waals surface area contributed by atoms with Crippen LogP contribution < -0.4 is 5.32 Å². The van der Waals surface area contributed by atoms with E-state index in [1.54, 1.807) is 0 Å². The van der Waals surface area contributed by atoms with Crippen molar-refractivity contribution in [3.8, 4) is 0 Å². The lowest BCUT2D eigenvalue weighted by atomic mass is 9.95. The van der Waals surface area contributed by atoms with Crippen LogP contribution in [-0.4, -0.2) is 43.0 Å². The lowest BCUT2D eigenvalue weighted by molar-refractivity contribution is -0.147. The normalized spacial score (nSPS) is 18.4. The molecule has 5 nitrogen and oxygen atoms in total. The molecule has 2 rings (SSSR count). The summed E-state index contributed by atoms with van der Waals surface area (Å²) in [6, 6.07) is 7.79. The SMILES string of the molecule is CC[C@H](C)c1ccccc1NC(=O)[C@@H](C)N1CCC(C(=O)OC)CC1. The second-order valence-electron chi connectivity index (χ2n) is 6.90. The molecule has 5 heteroatoms. The van der Waals surface area contributed by atoms with Gasteiger partial charge in [0, 0.05) is 5.69 Å². The molecule has 0 aliphatic carbocycles. The van der Waals surface area contributed by atoms with Gasteiger partial charge in [-0.05, 0) is 56.8 Å². The molecule has 138 valence electrons.